The molecule has 8 heteroatoms. The van der Waals surface area contributed by atoms with E-state index in [1.165, 1.54) is 47.5 Å². The standard InChI is InChI=1S/C20H27N3O4S/c1-4-27-17-9-7-16(8-10-17)19-6-5-13-22(19)15-23-14-18(11-12-20(23)24)28(25,26)21(2)3/h7-12,14,19H,4-6,13,15H2,1-3H3/p+1/t19-/m1/s1. The third kappa shape index (κ3) is 4.29. The number of quaternary nitrogens is 1. The molecule has 0 spiro atoms. The number of hydrogen-bond donors (Lipinski definition) is 1. The van der Waals surface area contributed by atoms with E-state index in [1.807, 2.05) is 19.1 Å². The summed E-state index contributed by atoms with van der Waals surface area (Å²) < 4.78 is 33.0. The summed E-state index contributed by atoms with van der Waals surface area (Å²) in [5.74, 6) is 0.851. The van der Waals surface area contributed by atoms with Gasteiger partial charge in [-0.1, -0.05) is 0 Å². The van der Waals surface area contributed by atoms with Crippen LogP contribution in [-0.2, 0) is 16.7 Å². The second-order valence-corrected chi connectivity index (χ2v) is 9.38. The molecular weight excluding hydrogens is 378 g/mol. The lowest BCUT2D eigenvalue weighted by Crippen LogP contribution is -3.09. The average molecular weight is 407 g/mol. The van der Waals surface area contributed by atoms with E-state index in [-0.39, 0.29) is 16.5 Å². The van der Waals surface area contributed by atoms with Crippen molar-refractivity contribution in [1.82, 2.24) is 8.87 Å². The summed E-state index contributed by atoms with van der Waals surface area (Å²) in [7, 11) is -0.606. The largest absolute Gasteiger partial charge is 0.494 e. The summed E-state index contributed by atoms with van der Waals surface area (Å²) in [6.07, 6.45) is 3.56. The van der Waals surface area contributed by atoms with Crippen molar-refractivity contribution in [3.8, 4) is 5.75 Å². The lowest BCUT2D eigenvalue weighted by molar-refractivity contribution is -0.940. The van der Waals surface area contributed by atoms with Crippen molar-refractivity contribution < 1.29 is 18.1 Å². The molecule has 1 N–H and O–H groups in total. The maximum Gasteiger partial charge on any atom is 0.254 e. The zero-order chi connectivity index (χ0) is 20.3. The Morgan fingerprint density at radius 2 is 1.89 bits per heavy atom. The van der Waals surface area contributed by atoms with Crippen LogP contribution in [0.3, 0.4) is 0 Å². The minimum atomic E-state index is -3.58. The second-order valence-electron chi connectivity index (χ2n) is 7.22. The first kappa shape index (κ1) is 20.6. The van der Waals surface area contributed by atoms with Crippen LogP contribution in [0.4, 0.5) is 0 Å². The predicted molar refractivity (Wildman–Crippen MR) is 107 cm³/mol. The smallest absolute Gasteiger partial charge is 0.254 e. The molecule has 1 unspecified atom stereocenters. The number of likely N-dealkylation sites (tertiary alicyclic amines) is 1. The highest BCUT2D eigenvalue weighted by atomic mass is 32.2. The Hall–Kier alpha value is -2.16. The molecule has 0 amide bonds. The van der Waals surface area contributed by atoms with Crippen molar-refractivity contribution in [1.29, 1.82) is 0 Å². The molecule has 0 radical (unpaired) electrons. The third-order valence-electron chi connectivity index (χ3n) is 5.19. The van der Waals surface area contributed by atoms with Gasteiger partial charge in [0.25, 0.3) is 5.56 Å². The van der Waals surface area contributed by atoms with Crippen LogP contribution in [0.1, 0.15) is 31.4 Å². The van der Waals surface area contributed by atoms with E-state index >= 15 is 0 Å². The molecule has 2 aromatic rings. The van der Waals surface area contributed by atoms with Crippen LogP contribution in [0.2, 0.25) is 0 Å². The minimum Gasteiger partial charge on any atom is -0.494 e. The Morgan fingerprint density at radius 3 is 2.54 bits per heavy atom. The van der Waals surface area contributed by atoms with Crippen LogP contribution < -0.4 is 15.2 Å². The molecule has 2 heterocycles. The molecule has 0 saturated carbocycles. The van der Waals surface area contributed by atoms with E-state index in [2.05, 4.69) is 12.1 Å². The van der Waals surface area contributed by atoms with Crippen molar-refractivity contribution in [3.63, 3.8) is 0 Å². The fourth-order valence-corrected chi connectivity index (χ4v) is 4.60. The Balaban J connectivity index is 1.83. The van der Waals surface area contributed by atoms with Crippen LogP contribution in [-0.4, -0.2) is 44.5 Å². The molecule has 7 nitrogen and oxygen atoms in total. The zero-order valence-corrected chi connectivity index (χ0v) is 17.4. The minimum absolute atomic E-state index is 0.133. The highest BCUT2D eigenvalue weighted by Gasteiger charge is 2.30. The highest BCUT2D eigenvalue weighted by molar-refractivity contribution is 7.89. The summed E-state index contributed by atoms with van der Waals surface area (Å²) in [5, 5.41) is 0. The summed E-state index contributed by atoms with van der Waals surface area (Å²) in [4.78, 5) is 13.7. The molecule has 0 bridgehead atoms. The number of hydrogen-bond acceptors (Lipinski definition) is 4. The van der Waals surface area contributed by atoms with E-state index in [1.54, 1.807) is 0 Å². The monoisotopic (exact) mass is 406 g/mol. The van der Waals surface area contributed by atoms with Crippen molar-refractivity contribution in [3.05, 3.63) is 58.5 Å². The SMILES string of the molecule is CCOc1ccc([C@H]2CCC[NH+]2Cn2cc(S(=O)(=O)N(C)C)ccc2=O)cc1. The lowest BCUT2D eigenvalue weighted by atomic mass is 10.0. The molecule has 1 aromatic heterocycles. The first-order valence-corrected chi connectivity index (χ1v) is 11.0. The predicted octanol–water partition coefficient (Wildman–Crippen LogP) is 0.875. The van der Waals surface area contributed by atoms with Crippen LogP contribution in [0.25, 0.3) is 0 Å². The summed E-state index contributed by atoms with van der Waals surface area (Å²) in [5.41, 5.74) is 1.02. The zero-order valence-electron chi connectivity index (χ0n) is 16.6. The summed E-state index contributed by atoms with van der Waals surface area (Å²) in [6, 6.07) is 11.1. The fourth-order valence-electron chi connectivity index (χ4n) is 3.68. The molecule has 28 heavy (non-hydrogen) atoms. The van der Waals surface area contributed by atoms with Gasteiger partial charge in [0.1, 0.15) is 11.8 Å². The topological polar surface area (TPSA) is 73.1 Å². The van der Waals surface area contributed by atoms with Crippen LogP contribution in [0.5, 0.6) is 5.75 Å². The van der Waals surface area contributed by atoms with E-state index in [0.29, 0.717) is 13.3 Å². The Labute approximate surface area is 166 Å². The normalized spacial score (nSPS) is 19.9. The van der Waals surface area contributed by atoms with Crippen molar-refractivity contribution in [2.45, 2.75) is 37.4 Å². The molecular formula is C20H28N3O4S+. The molecule has 152 valence electrons. The molecule has 1 fully saturated rings. The third-order valence-corrected chi connectivity index (χ3v) is 6.98. The van der Waals surface area contributed by atoms with E-state index < -0.39 is 10.0 Å². The Bertz CT molecular complexity index is 968. The molecule has 1 saturated heterocycles. The molecule has 1 aliphatic heterocycles. The number of sulfonamides is 1. The summed E-state index contributed by atoms with van der Waals surface area (Å²) in [6.45, 7) is 3.97. The van der Waals surface area contributed by atoms with Crippen molar-refractivity contribution >= 4 is 10.0 Å². The lowest BCUT2D eigenvalue weighted by Gasteiger charge is -2.23. The van der Waals surface area contributed by atoms with Gasteiger partial charge in [-0.2, -0.15) is 0 Å². The van der Waals surface area contributed by atoms with Gasteiger partial charge in [-0.05, 0) is 37.3 Å². The molecule has 1 aliphatic rings. The van der Waals surface area contributed by atoms with Crippen LogP contribution in [0, 0.1) is 0 Å². The van der Waals surface area contributed by atoms with Crippen molar-refractivity contribution in [2.24, 2.45) is 0 Å². The Kier molecular flexibility index (Phi) is 6.22. The van der Waals surface area contributed by atoms with Gasteiger partial charge in [-0.15, -0.1) is 0 Å². The average Bonchev–Trinajstić information content (AvgIpc) is 3.12. The number of ether oxygens (including phenoxy) is 1. The van der Waals surface area contributed by atoms with Gasteiger partial charge in [0.05, 0.1) is 18.0 Å². The van der Waals surface area contributed by atoms with E-state index in [0.717, 1.165) is 29.4 Å². The van der Waals surface area contributed by atoms with Gasteiger partial charge in [-0.3, -0.25) is 9.36 Å². The number of nitrogens with one attached hydrogen (secondary N) is 1. The molecule has 0 aliphatic carbocycles. The molecule has 3 rings (SSSR count). The number of rotatable bonds is 7. The fraction of sp³-hybridized carbons (Fsp3) is 0.450. The van der Waals surface area contributed by atoms with Gasteiger partial charge < -0.3 is 9.64 Å². The Morgan fingerprint density at radius 1 is 1.18 bits per heavy atom. The maximum atomic E-state index is 12.4. The highest BCUT2D eigenvalue weighted by Crippen LogP contribution is 2.22. The summed E-state index contributed by atoms with van der Waals surface area (Å²) >= 11 is 0. The van der Waals surface area contributed by atoms with Crippen molar-refractivity contribution in [2.75, 3.05) is 27.2 Å². The van der Waals surface area contributed by atoms with Gasteiger partial charge >= 0.3 is 0 Å². The number of benzene rings is 1. The first-order chi connectivity index (χ1) is 13.3. The van der Waals surface area contributed by atoms with Crippen LogP contribution in [0.15, 0.2) is 52.3 Å². The first-order valence-electron chi connectivity index (χ1n) is 9.53. The number of aromatic nitrogens is 1. The van der Waals surface area contributed by atoms with Gasteiger partial charge in [-0.25, -0.2) is 12.7 Å². The van der Waals surface area contributed by atoms with Gasteiger partial charge in [0.2, 0.25) is 10.0 Å². The van der Waals surface area contributed by atoms with Gasteiger partial charge in [0.15, 0.2) is 6.67 Å². The quantitative estimate of drug-likeness (QED) is 0.741. The number of pyridine rings is 1. The molecule has 1 aromatic carbocycles. The van der Waals surface area contributed by atoms with E-state index in [4.69, 9.17) is 4.74 Å². The van der Waals surface area contributed by atoms with Gasteiger partial charge in [0, 0.05) is 44.8 Å². The number of nitrogens with zero attached hydrogens (tertiary/aromatic N) is 2. The molecule has 2 atom stereocenters. The second kappa shape index (κ2) is 8.46. The van der Waals surface area contributed by atoms with E-state index in [9.17, 15) is 13.2 Å². The maximum absolute atomic E-state index is 12.4. The van der Waals surface area contributed by atoms with Crippen LogP contribution >= 0.6 is 0 Å².